The number of likely N-dealkylation sites (tertiary alicyclic amines) is 1. The molecule has 0 aliphatic carbocycles. The molecule has 3 unspecified atom stereocenters. The van der Waals surface area contributed by atoms with E-state index in [0.29, 0.717) is 17.6 Å². The molecule has 3 nitrogen and oxygen atoms in total. The van der Waals surface area contributed by atoms with Crippen LogP contribution in [0.2, 0.25) is 0 Å². The number of hydrogen-bond acceptors (Lipinski definition) is 3. The first kappa shape index (κ1) is 19.0. The van der Waals surface area contributed by atoms with Crippen molar-refractivity contribution >= 4 is 5.97 Å². The van der Waals surface area contributed by atoms with E-state index in [1.54, 1.807) is 0 Å². The molecule has 1 aromatic carbocycles. The summed E-state index contributed by atoms with van der Waals surface area (Å²) >= 11 is 0. The van der Waals surface area contributed by atoms with Crippen LogP contribution < -0.4 is 12.4 Å². The Kier molecular flexibility index (Phi) is 7.37. The molecule has 0 N–H and O–H groups in total. The zero-order valence-electron chi connectivity index (χ0n) is 14.0. The summed E-state index contributed by atoms with van der Waals surface area (Å²) in [5.41, 5.74) is 1.72. The highest BCUT2D eigenvalue weighted by molar-refractivity contribution is 5.89. The van der Waals surface area contributed by atoms with Crippen molar-refractivity contribution in [3.8, 4) is 0 Å². The van der Waals surface area contributed by atoms with Crippen LogP contribution in [-0.4, -0.2) is 35.6 Å². The van der Waals surface area contributed by atoms with E-state index in [0.717, 1.165) is 12.1 Å². The van der Waals surface area contributed by atoms with Crippen molar-refractivity contribution < 1.29 is 21.9 Å². The third kappa shape index (κ3) is 4.99. The molecular formula is C18H27ClNO2-. The largest absolute Gasteiger partial charge is 1.00 e. The van der Waals surface area contributed by atoms with Crippen molar-refractivity contribution in [2.45, 2.75) is 65.1 Å². The van der Waals surface area contributed by atoms with Crippen molar-refractivity contribution in [2.75, 3.05) is 6.54 Å². The maximum Gasteiger partial charge on any atom is 0.338 e. The summed E-state index contributed by atoms with van der Waals surface area (Å²) in [6, 6.07) is 8.72. The van der Waals surface area contributed by atoms with Crippen molar-refractivity contribution in [1.29, 1.82) is 0 Å². The monoisotopic (exact) mass is 324 g/mol. The smallest absolute Gasteiger partial charge is 0.338 e. The second-order valence-electron chi connectivity index (χ2n) is 6.41. The molecule has 1 aliphatic rings. The summed E-state index contributed by atoms with van der Waals surface area (Å²) in [5.74, 6) is -0.219. The number of nitrogens with zero attached hydrogens (tertiary/aromatic N) is 1. The minimum atomic E-state index is -0.219. The molecule has 1 aromatic rings. The summed E-state index contributed by atoms with van der Waals surface area (Å²) < 4.78 is 5.61. The molecule has 4 heteroatoms. The second-order valence-corrected chi connectivity index (χ2v) is 6.41. The van der Waals surface area contributed by atoms with Gasteiger partial charge in [0.05, 0.1) is 5.56 Å². The van der Waals surface area contributed by atoms with Gasteiger partial charge in [0, 0.05) is 18.6 Å². The standard InChI is InChI=1S/C18H27NO2.ClH/c1-13-7-5-10-17(11-13)18(20)21-16(4)12-19-14(2)8-6-9-15(19)3;/h5,7,10-11,14-16H,6,8-9,12H2,1-4H3;1H/p-1. The minimum Gasteiger partial charge on any atom is -1.00 e. The van der Waals surface area contributed by atoms with Crippen LogP contribution in [-0.2, 0) is 4.74 Å². The molecule has 1 aliphatic heterocycles. The molecule has 0 aromatic heterocycles. The van der Waals surface area contributed by atoms with Gasteiger partial charge in [-0.2, -0.15) is 0 Å². The van der Waals surface area contributed by atoms with E-state index in [1.807, 2.05) is 38.1 Å². The highest BCUT2D eigenvalue weighted by atomic mass is 35.5. The van der Waals surface area contributed by atoms with Crippen LogP contribution in [0.3, 0.4) is 0 Å². The van der Waals surface area contributed by atoms with Crippen LogP contribution in [0.15, 0.2) is 24.3 Å². The first-order valence-electron chi connectivity index (χ1n) is 8.00. The van der Waals surface area contributed by atoms with Crippen LogP contribution in [0.25, 0.3) is 0 Å². The Hall–Kier alpha value is -1.06. The number of ether oxygens (including phenoxy) is 1. The van der Waals surface area contributed by atoms with E-state index in [4.69, 9.17) is 4.74 Å². The topological polar surface area (TPSA) is 29.5 Å². The number of halogens is 1. The van der Waals surface area contributed by atoms with Crippen molar-refractivity contribution in [3.63, 3.8) is 0 Å². The predicted molar refractivity (Wildman–Crippen MR) is 85.5 cm³/mol. The fraction of sp³-hybridized carbons (Fsp3) is 0.611. The molecule has 1 saturated heterocycles. The molecule has 3 atom stereocenters. The Balaban J connectivity index is 0.00000242. The molecule has 1 heterocycles. The number of carbonyl (C=O) groups excluding carboxylic acids is 1. The Labute approximate surface area is 140 Å². The molecule has 2 rings (SSSR count). The summed E-state index contributed by atoms with van der Waals surface area (Å²) in [4.78, 5) is 14.6. The lowest BCUT2D eigenvalue weighted by Crippen LogP contribution is -3.00. The average molecular weight is 325 g/mol. The molecular weight excluding hydrogens is 298 g/mol. The molecule has 0 bridgehead atoms. The van der Waals surface area contributed by atoms with Crippen molar-refractivity contribution in [2.24, 2.45) is 0 Å². The number of rotatable bonds is 4. The quantitative estimate of drug-likeness (QED) is 0.768. The molecule has 0 spiro atoms. The number of aryl methyl sites for hydroxylation is 1. The lowest BCUT2D eigenvalue weighted by Gasteiger charge is -2.40. The number of piperidine rings is 1. The molecule has 124 valence electrons. The number of carbonyl (C=O) groups is 1. The van der Waals surface area contributed by atoms with Gasteiger partial charge in [-0.25, -0.2) is 4.79 Å². The Morgan fingerprint density at radius 1 is 1.32 bits per heavy atom. The molecule has 0 radical (unpaired) electrons. The van der Waals surface area contributed by atoms with Gasteiger partial charge in [0.1, 0.15) is 6.10 Å². The summed E-state index contributed by atoms with van der Waals surface area (Å²) in [7, 11) is 0. The van der Waals surface area contributed by atoms with Gasteiger partial charge in [0.15, 0.2) is 0 Å². The number of esters is 1. The van der Waals surface area contributed by atoms with Gasteiger partial charge in [0.2, 0.25) is 0 Å². The van der Waals surface area contributed by atoms with Gasteiger partial charge in [-0.1, -0.05) is 24.1 Å². The number of benzene rings is 1. The summed E-state index contributed by atoms with van der Waals surface area (Å²) in [6.07, 6.45) is 3.70. The molecule has 0 saturated carbocycles. The first-order chi connectivity index (χ1) is 9.97. The lowest BCUT2D eigenvalue weighted by molar-refractivity contribution is -0.0000732. The van der Waals surface area contributed by atoms with Crippen LogP contribution in [0.5, 0.6) is 0 Å². The van der Waals surface area contributed by atoms with Gasteiger partial charge >= 0.3 is 5.97 Å². The van der Waals surface area contributed by atoms with E-state index in [9.17, 15) is 4.79 Å². The maximum atomic E-state index is 12.2. The highest BCUT2D eigenvalue weighted by Gasteiger charge is 2.26. The molecule has 1 fully saturated rings. The van der Waals surface area contributed by atoms with Crippen LogP contribution in [0.1, 0.15) is 56.0 Å². The van der Waals surface area contributed by atoms with Gasteiger partial charge in [-0.15, -0.1) is 0 Å². The summed E-state index contributed by atoms with van der Waals surface area (Å²) in [6.45, 7) is 9.33. The SMILES string of the molecule is Cc1cccc(C(=O)OC(C)CN2C(C)CCCC2C)c1.[Cl-]. The number of hydrogen-bond donors (Lipinski definition) is 0. The van der Waals surface area contributed by atoms with Gasteiger partial charge in [0.25, 0.3) is 0 Å². The fourth-order valence-corrected chi connectivity index (χ4v) is 3.19. The van der Waals surface area contributed by atoms with Gasteiger partial charge in [-0.3, -0.25) is 4.90 Å². The first-order valence-corrected chi connectivity index (χ1v) is 8.00. The van der Waals surface area contributed by atoms with Crippen LogP contribution in [0, 0.1) is 6.92 Å². The van der Waals surface area contributed by atoms with Crippen LogP contribution >= 0.6 is 0 Å². The third-order valence-corrected chi connectivity index (χ3v) is 4.41. The zero-order valence-corrected chi connectivity index (χ0v) is 14.8. The Morgan fingerprint density at radius 3 is 2.55 bits per heavy atom. The third-order valence-electron chi connectivity index (χ3n) is 4.41. The molecule has 22 heavy (non-hydrogen) atoms. The Morgan fingerprint density at radius 2 is 1.95 bits per heavy atom. The van der Waals surface area contributed by atoms with Gasteiger partial charge in [-0.05, 0) is 52.7 Å². The van der Waals surface area contributed by atoms with E-state index in [1.165, 1.54) is 19.3 Å². The maximum absolute atomic E-state index is 12.2. The Bertz CT molecular complexity index is 482. The van der Waals surface area contributed by atoms with Gasteiger partial charge < -0.3 is 17.1 Å². The predicted octanol–water partition coefficient (Wildman–Crippen LogP) is 0.807. The lowest BCUT2D eigenvalue weighted by atomic mass is 9.97. The molecule has 0 amide bonds. The van der Waals surface area contributed by atoms with E-state index >= 15 is 0 Å². The highest BCUT2D eigenvalue weighted by Crippen LogP contribution is 2.23. The fourth-order valence-electron chi connectivity index (χ4n) is 3.19. The van der Waals surface area contributed by atoms with E-state index in [2.05, 4.69) is 18.7 Å². The van der Waals surface area contributed by atoms with Crippen molar-refractivity contribution in [3.05, 3.63) is 35.4 Å². The normalized spacial score (nSPS) is 23.5. The second kappa shape index (κ2) is 8.54. The summed E-state index contributed by atoms with van der Waals surface area (Å²) in [5, 5.41) is 0. The van der Waals surface area contributed by atoms with E-state index < -0.39 is 0 Å². The average Bonchev–Trinajstić information content (AvgIpc) is 2.43. The zero-order chi connectivity index (χ0) is 15.4. The minimum absolute atomic E-state index is 0. The van der Waals surface area contributed by atoms with E-state index in [-0.39, 0.29) is 24.5 Å². The van der Waals surface area contributed by atoms with Crippen LogP contribution in [0.4, 0.5) is 0 Å². The van der Waals surface area contributed by atoms with Crippen molar-refractivity contribution in [1.82, 2.24) is 4.90 Å².